The summed E-state index contributed by atoms with van der Waals surface area (Å²) in [6.07, 6.45) is 3.30. The molecule has 7 nitrogen and oxygen atoms in total. The Balaban J connectivity index is 1.72. The number of nitrogens with zero attached hydrogens (tertiary/aromatic N) is 6. The smallest absolute Gasteiger partial charge is 0.225 e. The van der Waals surface area contributed by atoms with Crippen molar-refractivity contribution in [2.45, 2.75) is 25.4 Å². The third kappa shape index (κ3) is 2.70. The fourth-order valence-corrected chi connectivity index (χ4v) is 3.63. The lowest BCUT2D eigenvalue weighted by Crippen LogP contribution is -2.41. The van der Waals surface area contributed by atoms with Crippen LogP contribution in [0.3, 0.4) is 0 Å². The Morgan fingerprint density at radius 3 is 2.72 bits per heavy atom. The van der Waals surface area contributed by atoms with Crippen LogP contribution in [-0.2, 0) is 16.8 Å². The summed E-state index contributed by atoms with van der Waals surface area (Å²) in [6, 6.07) is 0. The van der Waals surface area contributed by atoms with Crippen molar-refractivity contribution in [1.82, 2.24) is 19.9 Å². The van der Waals surface area contributed by atoms with E-state index in [1.165, 1.54) is 12.4 Å². The van der Waals surface area contributed by atoms with Gasteiger partial charge in [-0.15, -0.1) is 0 Å². The molecule has 0 aromatic carbocycles. The first-order chi connectivity index (χ1) is 12.0. The third-order valence-electron chi connectivity index (χ3n) is 4.97. The molecule has 2 aliphatic heterocycles. The van der Waals surface area contributed by atoms with Crippen molar-refractivity contribution < 1.29 is 9.13 Å². The SMILES string of the molecule is Cc1nc(N(C)C)nc2c1COC[C@@]21CCN(c2ncc(F)cn2)C1. The summed E-state index contributed by atoms with van der Waals surface area (Å²) in [5.74, 6) is 0.834. The number of hydrogen-bond acceptors (Lipinski definition) is 7. The summed E-state index contributed by atoms with van der Waals surface area (Å²) in [5.41, 5.74) is 2.91. The van der Waals surface area contributed by atoms with Crippen LogP contribution in [0, 0.1) is 12.7 Å². The Hall–Kier alpha value is -2.35. The van der Waals surface area contributed by atoms with Gasteiger partial charge < -0.3 is 14.5 Å². The molecule has 0 aliphatic carbocycles. The third-order valence-corrected chi connectivity index (χ3v) is 4.97. The highest BCUT2D eigenvalue weighted by Gasteiger charge is 2.46. The minimum atomic E-state index is -0.428. The molecule has 1 spiro atoms. The monoisotopic (exact) mass is 344 g/mol. The van der Waals surface area contributed by atoms with Gasteiger partial charge in [0.15, 0.2) is 5.82 Å². The van der Waals surface area contributed by atoms with Crippen LogP contribution in [0.5, 0.6) is 0 Å². The average molecular weight is 344 g/mol. The average Bonchev–Trinajstić information content (AvgIpc) is 3.01. The van der Waals surface area contributed by atoms with Gasteiger partial charge in [0, 0.05) is 38.4 Å². The molecule has 0 unspecified atom stereocenters. The Labute approximate surface area is 145 Å². The molecule has 2 aliphatic rings. The number of fused-ring (bicyclic) bond motifs is 2. The van der Waals surface area contributed by atoms with E-state index in [1.807, 2.05) is 25.9 Å². The maximum absolute atomic E-state index is 13.1. The zero-order valence-corrected chi connectivity index (χ0v) is 14.7. The van der Waals surface area contributed by atoms with Crippen LogP contribution in [-0.4, -0.2) is 53.7 Å². The number of aromatic nitrogens is 4. The van der Waals surface area contributed by atoms with Gasteiger partial charge in [0.25, 0.3) is 0 Å². The van der Waals surface area contributed by atoms with E-state index in [0.717, 1.165) is 29.9 Å². The first-order valence-corrected chi connectivity index (χ1v) is 8.34. The highest BCUT2D eigenvalue weighted by Crippen LogP contribution is 2.41. The number of hydrogen-bond donors (Lipinski definition) is 0. The van der Waals surface area contributed by atoms with Gasteiger partial charge in [-0.1, -0.05) is 0 Å². The molecule has 8 heteroatoms. The molecule has 2 aromatic rings. The second kappa shape index (κ2) is 5.87. The number of anilines is 2. The lowest BCUT2D eigenvalue weighted by Gasteiger charge is -2.35. The van der Waals surface area contributed by atoms with Crippen LogP contribution < -0.4 is 9.80 Å². The van der Waals surface area contributed by atoms with Crippen LogP contribution in [0.25, 0.3) is 0 Å². The largest absolute Gasteiger partial charge is 0.376 e. The maximum atomic E-state index is 13.1. The van der Waals surface area contributed by atoms with Gasteiger partial charge in [-0.05, 0) is 13.3 Å². The number of aryl methyl sites for hydroxylation is 1. The van der Waals surface area contributed by atoms with Crippen molar-refractivity contribution in [2.24, 2.45) is 0 Å². The van der Waals surface area contributed by atoms with Crippen LogP contribution in [0.2, 0.25) is 0 Å². The van der Waals surface area contributed by atoms with Gasteiger partial charge >= 0.3 is 0 Å². The number of ether oxygens (including phenoxy) is 1. The van der Waals surface area contributed by atoms with Gasteiger partial charge in [-0.25, -0.2) is 24.3 Å². The molecule has 0 N–H and O–H groups in total. The van der Waals surface area contributed by atoms with Crippen molar-refractivity contribution in [3.63, 3.8) is 0 Å². The molecular formula is C17H21FN6O. The topological polar surface area (TPSA) is 67.3 Å². The lowest BCUT2D eigenvalue weighted by molar-refractivity contribution is 0.0552. The summed E-state index contributed by atoms with van der Waals surface area (Å²) in [6.45, 7) is 4.65. The Bertz CT molecular complexity index is 796. The molecule has 1 atom stereocenters. The highest BCUT2D eigenvalue weighted by molar-refractivity contribution is 5.44. The maximum Gasteiger partial charge on any atom is 0.225 e. The summed E-state index contributed by atoms with van der Waals surface area (Å²) in [7, 11) is 3.89. The van der Waals surface area contributed by atoms with Crippen LogP contribution in [0.4, 0.5) is 16.3 Å². The lowest BCUT2D eigenvalue weighted by atomic mass is 9.80. The number of halogens is 1. The molecule has 1 fully saturated rings. The minimum Gasteiger partial charge on any atom is -0.376 e. The fourth-order valence-electron chi connectivity index (χ4n) is 3.63. The molecule has 4 heterocycles. The van der Waals surface area contributed by atoms with E-state index in [-0.39, 0.29) is 5.41 Å². The summed E-state index contributed by atoms with van der Waals surface area (Å²) >= 11 is 0. The molecule has 25 heavy (non-hydrogen) atoms. The standard InChI is InChI=1S/C17H21FN6O/c1-11-13-8-25-10-17(14(13)22-16(21-11)23(2)3)4-5-24(9-17)15-19-6-12(18)7-20-15/h6-7H,4-5,8-10H2,1-3H3/t17-/m0/s1. The molecule has 2 aromatic heterocycles. The van der Waals surface area contributed by atoms with Crippen LogP contribution in [0.15, 0.2) is 12.4 Å². The Morgan fingerprint density at radius 2 is 2.00 bits per heavy atom. The Morgan fingerprint density at radius 1 is 1.24 bits per heavy atom. The summed E-state index contributed by atoms with van der Waals surface area (Å²) in [5, 5.41) is 0. The predicted octanol–water partition coefficient (Wildman–Crippen LogP) is 1.46. The molecule has 0 bridgehead atoms. The zero-order valence-electron chi connectivity index (χ0n) is 14.7. The zero-order chi connectivity index (χ0) is 17.6. The van der Waals surface area contributed by atoms with E-state index in [2.05, 4.69) is 19.9 Å². The fraction of sp³-hybridized carbons (Fsp3) is 0.529. The van der Waals surface area contributed by atoms with Gasteiger partial charge in [-0.3, -0.25) is 0 Å². The molecule has 0 radical (unpaired) electrons. The highest BCUT2D eigenvalue weighted by atomic mass is 19.1. The van der Waals surface area contributed by atoms with E-state index < -0.39 is 5.82 Å². The van der Waals surface area contributed by atoms with Crippen molar-refractivity contribution in [3.05, 3.63) is 35.2 Å². The Kier molecular flexibility index (Phi) is 3.79. The van der Waals surface area contributed by atoms with E-state index >= 15 is 0 Å². The molecule has 132 valence electrons. The minimum absolute atomic E-state index is 0.205. The molecule has 1 saturated heterocycles. The first kappa shape index (κ1) is 16.1. The van der Waals surface area contributed by atoms with E-state index in [9.17, 15) is 4.39 Å². The van der Waals surface area contributed by atoms with Gasteiger partial charge in [0.1, 0.15) is 0 Å². The van der Waals surface area contributed by atoms with Crippen molar-refractivity contribution in [2.75, 3.05) is 43.6 Å². The van der Waals surface area contributed by atoms with Gasteiger partial charge in [0.2, 0.25) is 11.9 Å². The van der Waals surface area contributed by atoms with E-state index in [0.29, 0.717) is 31.7 Å². The second-order valence-corrected chi connectivity index (χ2v) is 6.98. The van der Waals surface area contributed by atoms with Gasteiger partial charge in [0.05, 0.1) is 36.7 Å². The van der Waals surface area contributed by atoms with Gasteiger partial charge in [-0.2, -0.15) is 0 Å². The number of rotatable bonds is 2. The summed E-state index contributed by atoms with van der Waals surface area (Å²) < 4.78 is 19.0. The van der Waals surface area contributed by atoms with Crippen molar-refractivity contribution in [1.29, 1.82) is 0 Å². The predicted molar refractivity (Wildman–Crippen MR) is 91.3 cm³/mol. The molecule has 0 amide bonds. The second-order valence-electron chi connectivity index (χ2n) is 6.98. The summed E-state index contributed by atoms with van der Waals surface area (Å²) in [4.78, 5) is 21.7. The van der Waals surface area contributed by atoms with E-state index in [4.69, 9.17) is 9.72 Å². The van der Waals surface area contributed by atoms with Crippen LogP contribution >= 0.6 is 0 Å². The molecule has 0 saturated carbocycles. The molecule has 4 rings (SSSR count). The molecular weight excluding hydrogens is 323 g/mol. The van der Waals surface area contributed by atoms with E-state index in [1.54, 1.807) is 0 Å². The van der Waals surface area contributed by atoms with Crippen LogP contribution in [0.1, 0.15) is 23.4 Å². The van der Waals surface area contributed by atoms with Crippen molar-refractivity contribution in [3.8, 4) is 0 Å². The first-order valence-electron chi connectivity index (χ1n) is 8.34. The quantitative estimate of drug-likeness (QED) is 0.817. The van der Waals surface area contributed by atoms with Crippen molar-refractivity contribution >= 4 is 11.9 Å². The normalized spacial score (nSPS) is 22.3.